The lowest BCUT2D eigenvalue weighted by molar-refractivity contribution is 0.607. The summed E-state index contributed by atoms with van der Waals surface area (Å²) >= 11 is 0. The van der Waals surface area contributed by atoms with E-state index in [0.717, 1.165) is 18.1 Å². The summed E-state index contributed by atoms with van der Waals surface area (Å²) in [6.45, 7) is 8.93. The van der Waals surface area contributed by atoms with Crippen LogP contribution in [0, 0.1) is 0 Å². The van der Waals surface area contributed by atoms with Gasteiger partial charge in [-0.3, -0.25) is 0 Å². The first-order valence-corrected chi connectivity index (χ1v) is 9.30. The minimum Gasteiger partial charge on any atom is -0.474 e. The highest BCUT2D eigenvalue weighted by Gasteiger charge is 2.22. The summed E-state index contributed by atoms with van der Waals surface area (Å²) in [7, 11) is -0.314. The van der Waals surface area contributed by atoms with Gasteiger partial charge in [-0.2, -0.15) is 0 Å². The molecule has 0 aromatic heterocycles. The Morgan fingerprint density at radius 2 is 1.33 bits per heavy atom. The summed E-state index contributed by atoms with van der Waals surface area (Å²) in [5.74, 6) is 0.998. The summed E-state index contributed by atoms with van der Waals surface area (Å²) in [5, 5.41) is 0. The lowest BCUT2D eigenvalue weighted by Gasteiger charge is -2.26. The van der Waals surface area contributed by atoms with Crippen molar-refractivity contribution in [2.24, 2.45) is 0 Å². The first kappa shape index (κ1) is 16.0. The Balaban J connectivity index is 2.18. The minimum absolute atomic E-state index is 0.0139. The van der Waals surface area contributed by atoms with E-state index in [4.69, 9.17) is 4.52 Å². The maximum atomic E-state index is 6.05. The largest absolute Gasteiger partial charge is 0.474 e. The van der Waals surface area contributed by atoms with Crippen molar-refractivity contribution in [1.29, 1.82) is 0 Å². The summed E-state index contributed by atoms with van der Waals surface area (Å²) in [6, 6.07) is 19.3. The monoisotopic (exact) mass is 300 g/mol. The van der Waals surface area contributed by atoms with Crippen LogP contribution in [0.3, 0.4) is 0 Å². The molecule has 1 nitrogen and oxygen atoms in total. The lowest BCUT2D eigenvalue weighted by atomic mass is 9.78. The smallest absolute Gasteiger partial charge is 0.123 e. The molecular formula is C19H25OP. The fraction of sp³-hybridized carbons (Fsp3) is 0.368. The highest BCUT2D eigenvalue weighted by Crippen LogP contribution is 2.38. The molecule has 0 fully saturated rings. The van der Waals surface area contributed by atoms with Crippen LogP contribution in [-0.4, -0.2) is 12.3 Å². The van der Waals surface area contributed by atoms with Gasteiger partial charge in [0.1, 0.15) is 5.75 Å². The van der Waals surface area contributed by atoms with E-state index in [9.17, 15) is 0 Å². The van der Waals surface area contributed by atoms with Crippen LogP contribution in [-0.2, 0) is 5.41 Å². The molecule has 0 spiro atoms. The van der Waals surface area contributed by atoms with Crippen molar-refractivity contribution in [1.82, 2.24) is 0 Å². The van der Waals surface area contributed by atoms with Gasteiger partial charge in [0.05, 0.1) is 8.15 Å². The van der Waals surface area contributed by atoms with E-state index >= 15 is 0 Å². The number of rotatable bonds is 6. The third kappa shape index (κ3) is 3.86. The highest BCUT2D eigenvalue weighted by atomic mass is 31.1. The van der Waals surface area contributed by atoms with Crippen molar-refractivity contribution in [2.75, 3.05) is 12.3 Å². The molecule has 0 aliphatic heterocycles. The van der Waals surface area contributed by atoms with Crippen molar-refractivity contribution in [2.45, 2.75) is 33.1 Å². The van der Waals surface area contributed by atoms with E-state index in [2.05, 4.69) is 82.3 Å². The van der Waals surface area contributed by atoms with Crippen LogP contribution in [0.2, 0.25) is 0 Å². The Labute approximate surface area is 130 Å². The highest BCUT2D eigenvalue weighted by molar-refractivity contribution is 7.52. The van der Waals surface area contributed by atoms with Crippen LogP contribution in [0.4, 0.5) is 0 Å². The molecule has 0 bridgehead atoms. The minimum atomic E-state index is -0.314. The van der Waals surface area contributed by atoms with Crippen molar-refractivity contribution in [3.05, 3.63) is 65.7 Å². The molecule has 2 aromatic carbocycles. The number of hydrogen-bond acceptors (Lipinski definition) is 1. The zero-order chi connectivity index (χ0) is 15.3. The molecule has 0 N–H and O–H groups in total. The Hall–Kier alpha value is -1.33. The molecule has 2 aromatic rings. The van der Waals surface area contributed by atoms with Gasteiger partial charge in [0.2, 0.25) is 0 Å². The maximum absolute atomic E-state index is 6.05. The maximum Gasteiger partial charge on any atom is 0.123 e. The molecule has 0 atom stereocenters. The average Bonchev–Trinajstić information content (AvgIpc) is 2.54. The van der Waals surface area contributed by atoms with Crippen molar-refractivity contribution < 1.29 is 4.52 Å². The van der Waals surface area contributed by atoms with E-state index < -0.39 is 0 Å². The zero-order valence-electron chi connectivity index (χ0n) is 13.5. The fourth-order valence-electron chi connectivity index (χ4n) is 2.46. The van der Waals surface area contributed by atoms with Gasteiger partial charge < -0.3 is 4.52 Å². The molecule has 0 radical (unpaired) electrons. The molecule has 0 heterocycles. The van der Waals surface area contributed by atoms with Gasteiger partial charge in [-0.25, -0.2) is 0 Å². The second-order valence-corrected chi connectivity index (χ2v) is 8.13. The van der Waals surface area contributed by atoms with Crippen molar-refractivity contribution in [3.63, 3.8) is 0 Å². The van der Waals surface area contributed by atoms with Gasteiger partial charge in [0, 0.05) is 17.7 Å². The number of benzene rings is 2. The average molecular weight is 300 g/mol. The molecule has 2 heteroatoms. The molecule has 0 saturated carbocycles. The molecule has 21 heavy (non-hydrogen) atoms. The summed E-state index contributed by atoms with van der Waals surface area (Å²) in [6.07, 6.45) is 2.23. The van der Waals surface area contributed by atoms with Gasteiger partial charge in [-0.15, -0.1) is 0 Å². The van der Waals surface area contributed by atoms with Gasteiger partial charge in [-0.05, 0) is 23.3 Å². The summed E-state index contributed by atoms with van der Waals surface area (Å²) < 4.78 is 6.05. The normalized spacial score (nSPS) is 11.7. The zero-order valence-corrected chi connectivity index (χ0v) is 14.4. The third-order valence-corrected chi connectivity index (χ3v) is 5.89. The lowest BCUT2D eigenvalue weighted by Crippen LogP contribution is -2.18. The first-order valence-electron chi connectivity index (χ1n) is 7.67. The Morgan fingerprint density at radius 1 is 0.810 bits per heavy atom. The standard InChI is InChI=1S/C19H25OP/c1-5-21(6-2)20-18-14-12-17(13-15-18)19(3,4)16-10-8-7-9-11-16/h7-15H,5-6H2,1-4H3. The molecule has 0 saturated heterocycles. The summed E-state index contributed by atoms with van der Waals surface area (Å²) in [4.78, 5) is 0. The SMILES string of the molecule is CCP(CC)Oc1ccc(C(C)(C)c2ccccc2)cc1. The topological polar surface area (TPSA) is 9.23 Å². The third-order valence-electron chi connectivity index (χ3n) is 4.01. The summed E-state index contributed by atoms with van der Waals surface area (Å²) in [5.41, 5.74) is 2.67. The Bertz CT molecular complexity index is 542. The quantitative estimate of drug-likeness (QED) is 0.610. The molecule has 0 aliphatic rings. The molecule has 112 valence electrons. The van der Waals surface area contributed by atoms with Crippen molar-refractivity contribution >= 4 is 8.15 Å². The van der Waals surface area contributed by atoms with E-state index in [-0.39, 0.29) is 13.6 Å². The molecule has 2 rings (SSSR count). The van der Waals surface area contributed by atoms with Crippen LogP contribution in [0.1, 0.15) is 38.8 Å². The van der Waals surface area contributed by atoms with Gasteiger partial charge in [-0.1, -0.05) is 70.2 Å². The second-order valence-electron chi connectivity index (χ2n) is 5.72. The second kappa shape index (κ2) is 7.09. The van der Waals surface area contributed by atoms with E-state index in [0.29, 0.717) is 0 Å². The van der Waals surface area contributed by atoms with Crippen LogP contribution in [0.5, 0.6) is 5.75 Å². The van der Waals surface area contributed by atoms with Crippen LogP contribution >= 0.6 is 8.15 Å². The molecule has 0 amide bonds. The van der Waals surface area contributed by atoms with Crippen LogP contribution in [0.25, 0.3) is 0 Å². The van der Waals surface area contributed by atoms with Crippen molar-refractivity contribution in [3.8, 4) is 5.75 Å². The Kier molecular flexibility index (Phi) is 5.42. The van der Waals surface area contributed by atoms with E-state index in [1.165, 1.54) is 11.1 Å². The van der Waals surface area contributed by atoms with Crippen LogP contribution < -0.4 is 4.52 Å². The predicted octanol–water partition coefficient (Wildman–Crippen LogP) is 5.83. The van der Waals surface area contributed by atoms with E-state index in [1.807, 2.05) is 0 Å². The van der Waals surface area contributed by atoms with Crippen LogP contribution in [0.15, 0.2) is 54.6 Å². The first-order chi connectivity index (χ1) is 10.1. The Morgan fingerprint density at radius 3 is 1.86 bits per heavy atom. The number of hydrogen-bond donors (Lipinski definition) is 0. The molecular weight excluding hydrogens is 275 g/mol. The molecule has 0 aliphatic carbocycles. The fourth-order valence-corrected chi connectivity index (χ4v) is 3.58. The predicted molar refractivity (Wildman–Crippen MR) is 93.6 cm³/mol. The van der Waals surface area contributed by atoms with Gasteiger partial charge >= 0.3 is 0 Å². The van der Waals surface area contributed by atoms with Gasteiger partial charge in [0.25, 0.3) is 0 Å². The van der Waals surface area contributed by atoms with Gasteiger partial charge in [0.15, 0.2) is 0 Å². The molecule has 0 unspecified atom stereocenters. The van der Waals surface area contributed by atoms with E-state index in [1.54, 1.807) is 0 Å².